The molecule has 0 spiro atoms. The lowest BCUT2D eigenvalue weighted by molar-refractivity contribution is -0.119. The number of nitrogens with one attached hydrogen (secondary N) is 1. The second-order valence-electron chi connectivity index (χ2n) is 5.99. The quantitative estimate of drug-likeness (QED) is 0.602. The maximum atomic E-state index is 12.0. The maximum Gasteiger partial charge on any atom is 0.230 e. The maximum absolute atomic E-state index is 12.0. The summed E-state index contributed by atoms with van der Waals surface area (Å²) >= 11 is 13.5. The summed E-state index contributed by atoms with van der Waals surface area (Å²) in [4.78, 5) is 16.2. The number of rotatable bonds is 6. The van der Waals surface area contributed by atoms with Crippen LogP contribution in [0.25, 0.3) is 17.1 Å². The van der Waals surface area contributed by atoms with Gasteiger partial charge in [0.2, 0.25) is 5.91 Å². The first-order valence-electron chi connectivity index (χ1n) is 8.19. The largest absolute Gasteiger partial charge is 0.353 e. The Bertz CT molecular complexity index is 946. The predicted octanol–water partition coefficient (Wildman–Crippen LogP) is 4.25. The van der Waals surface area contributed by atoms with Crippen molar-refractivity contribution >= 4 is 40.9 Å². The molecule has 2 heterocycles. The highest BCUT2D eigenvalue weighted by atomic mass is 35.5. The van der Waals surface area contributed by atoms with Crippen LogP contribution >= 0.6 is 35.0 Å². The van der Waals surface area contributed by atoms with E-state index in [-0.39, 0.29) is 17.7 Å². The molecule has 6 nitrogen and oxygen atoms in total. The van der Waals surface area contributed by atoms with E-state index in [4.69, 9.17) is 23.2 Å². The molecule has 140 valence electrons. The van der Waals surface area contributed by atoms with Gasteiger partial charge in [0.1, 0.15) is 0 Å². The first-order valence-corrected chi connectivity index (χ1v) is 9.93. The van der Waals surface area contributed by atoms with Crippen molar-refractivity contribution < 1.29 is 4.79 Å². The number of halogens is 2. The molecule has 0 bridgehead atoms. The minimum Gasteiger partial charge on any atom is -0.353 e. The van der Waals surface area contributed by atoms with Crippen LogP contribution in [-0.2, 0) is 4.79 Å². The molecule has 27 heavy (non-hydrogen) atoms. The number of nitrogens with zero attached hydrogens (tertiary/aromatic N) is 4. The van der Waals surface area contributed by atoms with E-state index in [1.165, 1.54) is 11.8 Å². The molecule has 0 aliphatic heterocycles. The minimum atomic E-state index is -0.0679. The fourth-order valence-electron chi connectivity index (χ4n) is 2.40. The molecule has 1 aromatic carbocycles. The van der Waals surface area contributed by atoms with E-state index in [0.29, 0.717) is 21.0 Å². The van der Waals surface area contributed by atoms with Crippen LogP contribution in [0.2, 0.25) is 10.0 Å². The van der Waals surface area contributed by atoms with E-state index >= 15 is 0 Å². The summed E-state index contributed by atoms with van der Waals surface area (Å²) in [7, 11) is 0. The Labute approximate surface area is 171 Å². The van der Waals surface area contributed by atoms with E-state index in [9.17, 15) is 4.79 Å². The predicted molar refractivity (Wildman–Crippen MR) is 109 cm³/mol. The molecule has 0 saturated heterocycles. The fraction of sp³-hybridized carbons (Fsp3) is 0.222. The Hall–Kier alpha value is -2.09. The Morgan fingerprint density at radius 1 is 1.22 bits per heavy atom. The van der Waals surface area contributed by atoms with E-state index in [1.54, 1.807) is 24.5 Å². The summed E-state index contributed by atoms with van der Waals surface area (Å²) in [6, 6.07) is 9.08. The van der Waals surface area contributed by atoms with Crippen molar-refractivity contribution in [3.8, 4) is 17.1 Å². The van der Waals surface area contributed by atoms with E-state index in [0.717, 1.165) is 11.3 Å². The normalized spacial score (nSPS) is 11.0. The molecule has 0 aliphatic carbocycles. The van der Waals surface area contributed by atoms with Crippen molar-refractivity contribution in [2.75, 3.05) is 5.75 Å². The summed E-state index contributed by atoms with van der Waals surface area (Å²) < 4.78 is 1.84. The zero-order valence-electron chi connectivity index (χ0n) is 14.7. The van der Waals surface area contributed by atoms with Gasteiger partial charge in [0.15, 0.2) is 11.0 Å². The molecule has 3 aromatic rings. The number of carbonyl (C=O) groups excluding carboxylic acids is 1. The molecule has 0 saturated carbocycles. The van der Waals surface area contributed by atoms with Crippen molar-refractivity contribution in [3.05, 3.63) is 52.8 Å². The van der Waals surface area contributed by atoms with Crippen LogP contribution in [-0.4, -0.2) is 37.5 Å². The highest BCUT2D eigenvalue weighted by Gasteiger charge is 2.18. The van der Waals surface area contributed by atoms with E-state index in [1.807, 2.05) is 36.6 Å². The van der Waals surface area contributed by atoms with Crippen LogP contribution in [0.5, 0.6) is 0 Å². The van der Waals surface area contributed by atoms with E-state index < -0.39 is 0 Å². The summed E-state index contributed by atoms with van der Waals surface area (Å²) in [5.41, 5.74) is 1.55. The summed E-state index contributed by atoms with van der Waals surface area (Å²) in [6.45, 7) is 3.84. The van der Waals surface area contributed by atoms with Crippen molar-refractivity contribution in [1.82, 2.24) is 25.1 Å². The topological polar surface area (TPSA) is 72.7 Å². The highest BCUT2D eigenvalue weighted by Crippen LogP contribution is 2.31. The number of hydrogen-bond donors (Lipinski definition) is 1. The number of pyridine rings is 1. The van der Waals surface area contributed by atoms with Gasteiger partial charge >= 0.3 is 0 Å². The Kier molecular flexibility index (Phi) is 6.36. The Morgan fingerprint density at radius 3 is 2.70 bits per heavy atom. The molecule has 2 aromatic heterocycles. The van der Waals surface area contributed by atoms with Gasteiger partial charge in [0, 0.05) is 24.0 Å². The molecule has 9 heteroatoms. The van der Waals surface area contributed by atoms with E-state index in [2.05, 4.69) is 20.5 Å². The van der Waals surface area contributed by atoms with Crippen LogP contribution in [0, 0.1) is 0 Å². The van der Waals surface area contributed by atoms with Crippen molar-refractivity contribution in [1.29, 1.82) is 0 Å². The molecule has 0 radical (unpaired) electrons. The first-order chi connectivity index (χ1) is 13.0. The van der Waals surface area contributed by atoms with Gasteiger partial charge in [-0.3, -0.25) is 14.3 Å². The van der Waals surface area contributed by atoms with Crippen LogP contribution in [0.3, 0.4) is 0 Å². The first kappa shape index (κ1) is 19.7. The molecular weight excluding hydrogens is 405 g/mol. The van der Waals surface area contributed by atoms with Crippen molar-refractivity contribution in [2.45, 2.75) is 25.0 Å². The lowest BCUT2D eigenvalue weighted by Crippen LogP contribution is -2.31. The average molecular weight is 422 g/mol. The number of hydrogen-bond acceptors (Lipinski definition) is 5. The lowest BCUT2D eigenvalue weighted by Gasteiger charge is -2.12. The standard InChI is InChI=1S/C18H17Cl2N5OS/c1-11(2)22-16(26)10-27-18-24-23-17(12-4-3-7-21-9-12)25(18)13-5-6-14(19)15(20)8-13/h3-9,11H,10H2,1-2H3,(H,22,26). The SMILES string of the molecule is CC(C)NC(=O)CSc1nnc(-c2cccnc2)n1-c1ccc(Cl)c(Cl)c1. The van der Waals surface area contributed by atoms with Gasteiger partial charge in [-0.25, -0.2) is 0 Å². The van der Waals surface area contributed by atoms with Crippen LogP contribution in [0.1, 0.15) is 13.8 Å². The molecule has 1 amide bonds. The molecule has 1 N–H and O–H groups in total. The second kappa shape index (κ2) is 8.73. The molecule has 0 unspecified atom stereocenters. The number of aromatic nitrogens is 4. The zero-order valence-corrected chi connectivity index (χ0v) is 17.0. The van der Waals surface area contributed by atoms with Gasteiger partial charge in [-0.05, 0) is 44.2 Å². The van der Waals surface area contributed by atoms with Crippen LogP contribution < -0.4 is 5.32 Å². The number of thioether (sulfide) groups is 1. The van der Waals surface area contributed by atoms with Gasteiger partial charge in [-0.2, -0.15) is 0 Å². The van der Waals surface area contributed by atoms with Crippen LogP contribution in [0.4, 0.5) is 0 Å². The lowest BCUT2D eigenvalue weighted by atomic mass is 10.2. The average Bonchev–Trinajstić information content (AvgIpc) is 3.06. The smallest absolute Gasteiger partial charge is 0.230 e. The van der Waals surface area contributed by atoms with Gasteiger partial charge in [-0.15, -0.1) is 10.2 Å². The molecule has 0 aliphatic rings. The second-order valence-corrected chi connectivity index (χ2v) is 7.75. The monoisotopic (exact) mass is 421 g/mol. The minimum absolute atomic E-state index is 0.0679. The highest BCUT2D eigenvalue weighted by molar-refractivity contribution is 7.99. The van der Waals surface area contributed by atoms with Crippen molar-refractivity contribution in [2.24, 2.45) is 0 Å². The number of carbonyl (C=O) groups is 1. The van der Waals surface area contributed by atoms with Gasteiger partial charge in [-0.1, -0.05) is 35.0 Å². The third kappa shape index (κ3) is 4.80. The molecule has 0 atom stereocenters. The fourth-order valence-corrected chi connectivity index (χ4v) is 3.45. The van der Waals surface area contributed by atoms with Gasteiger partial charge in [0.05, 0.1) is 21.5 Å². The van der Waals surface area contributed by atoms with Crippen molar-refractivity contribution in [3.63, 3.8) is 0 Å². The molecule has 3 rings (SSSR count). The van der Waals surface area contributed by atoms with Gasteiger partial charge in [0.25, 0.3) is 0 Å². The number of amides is 1. The third-order valence-corrected chi connectivity index (χ3v) is 5.16. The Balaban J connectivity index is 2.00. The number of benzene rings is 1. The molecule has 0 fully saturated rings. The Morgan fingerprint density at radius 2 is 2.04 bits per heavy atom. The third-order valence-electron chi connectivity index (χ3n) is 3.50. The molecular formula is C18H17Cl2N5OS. The summed E-state index contributed by atoms with van der Waals surface area (Å²) in [5.74, 6) is 0.764. The zero-order chi connectivity index (χ0) is 19.4. The summed E-state index contributed by atoms with van der Waals surface area (Å²) in [5, 5.41) is 12.9. The van der Waals surface area contributed by atoms with Crippen LogP contribution in [0.15, 0.2) is 47.9 Å². The van der Waals surface area contributed by atoms with Gasteiger partial charge < -0.3 is 5.32 Å². The summed E-state index contributed by atoms with van der Waals surface area (Å²) in [6.07, 6.45) is 3.40.